The van der Waals surface area contributed by atoms with Gasteiger partial charge in [-0.15, -0.1) is 10.2 Å². The van der Waals surface area contributed by atoms with Crippen molar-refractivity contribution in [3.8, 4) is 11.4 Å². The minimum absolute atomic E-state index is 0.0118. The van der Waals surface area contributed by atoms with Crippen LogP contribution < -0.4 is 4.74 Å². The lowest BCUT2D eigenvalue weighted by Gasteiger charge is -2.41. The smallest absolute Gasteiger partial charge is 0.253 e. The van der Waals surface area contributed by atoms with E-state index in [4.69, 9.17) is 4.74 Å². The van der Waals surface area contributed by atoms with Crippen LogP contribution in [0, 0.1) is 11.8 Å². The van der Waals surface area contributed by atoms with Gasteiger partial charge in [0.25, 0.3) is 5.91 Å². The average molecular weight is 418 g/mol. The second kappa shape index (κ2) is 7.81. The SMILES string of the molecule is COc1cccc([C@]2(O)CCC[C@@H]3CN(C(=O)c4ccc(-n5cnnc5)cc4)C[C@@H]32)c1. The van der Waals surface area contributed by atoms with E-state index in [0.29, 0.717) is 31.0 Å². The predicted molar refractivity (Wildman–Crippen MR) is 115 cm³/mol. The van der Waals surface area contributed by atoms with Gasteiger partial charge < -0.3 is 14.7 Å². The summed E-state index contributed by atoms with van der Waals surface area (Å²) in [7, 11) is 1.64. The fourth-order valence-electron chi connectivity index (χ4n) is 5.23. The molecule has 1 N–H and O–H groups in total. The van der Waals surface area contributed by atoms with Crippen LogP contribution >= 0.6 is 0 Å². The number of aromatic nitrogens is 3. The molecule has 3 aromatic rings. The van der Waals surface area contributed by atoms with Gasteiger partial charge in [-0.25, -0.2) is 0 Å². The number of benzene rings is 2. The van der Waals surface area contributed by atoms with E-state index in [2.05, 4.69) is 10.2 Å². The summed E-state index contributed by atoms with van der Waals surface area (Å²) in [6.45, 7) is 1.24. The van der Waals surface area contributed by atoms with Crippen LogP contribution in [0.4, 0.5) is 0 Å². The van der Waals surface area contributed by atoms with Gasteiger partial charge in [-0.1, -0.05) is 12.1 Å². The fraction of sp³-hybridized carbons (Fsp3) is 0.375. The normalized spacial score (nSPS) is 25.3. The number of ether oxygens (including phenoxy) is 1. The Hall–Kier alpha value is -3.19. The summed E-state index contributed by atoms with van der Waals surface area (Å²) in [5, 5.41) is 19.4. The van der Waals surface area contributed by atoms with Crippen molar-refractivity contribution in [2.75, 3.05) is 20.2 Å². The minimum atomic E-state index is -0.940. The van der Waals surface area contributed by atoms with Crippen LogP contribution in [-0.4, -0.2) is 50.9 Å². The summed E-state index contributed by atoms with van der Waals surface area (Å²) in [4.78, 5) is 15.1. The molecule has 31 heavy (non-hydrogen) atoms. The first-order valence-electron chi connectivity index (χ1n) is 10.7. The molecule has 1 aromatic heterocycles. The molecule has 0 radical (unpaired) electrons. The number of aliphatic hydroxyl groups is 1. The van der Waals surface area contributed by atoms with Gasteiger partial charge in [0.15, 0.2) is 0 Å². The lowest BCUT2D eigenvalue weighted by atomic mass is 9.67. The van der Waals surface area contributed by atoms with Crippen molar-refractivity contribution in [2.24, 2.45) is 11.8 Å². The van der Waals surface area contributed by atoms with Crippen LogP contribution in [0.2, 0.25) is 0 Å². The van der Waals surface area contributed by atoms with E-state index in [1.807, 2.05) is 53.4 Å². The molecule has 0 bridgehead atoms. The third kappa shape index (κ3) is 3.49. The van der Waals surface area contributed by atoms with E-state index < -0.39 is 5.60 Å². The Morgan fingerprint density at radius 1 is 1.13 bits per heavy atom. The zero-order valence-electron chi connectivity index (χ0n) is 17.5. The van der Waals surface area contributed by atoms with Crippen LogP contribution in [-0.2, 0) is 5.60 Å². The molecule has 1 aliphatic carbocycles. The highest BCUT2D eigenvalue weighted by molar-refractivity contribution is 5.94. The highest BCUT2D eigenvalue weighted by Crippen LogP contribution is 2.48. The number of nitrogens with zero attached hydrogens (tertiary/aromatic N) is 4. The molecule has 0 unspecified atom stereocenters. The maximum Gasteiger partial charge on any atom is 0.253 e. The minimum Gasteiger partial charge on any atom is -0.497 e. The summed E-state index contributed by atoms with van der Waals surface area (Å²) >= 11 is 0. The summed E-state index contributed by atoms with van der Waals surface area (Å²) < 4.78 is 7.17. The summed E-state index contributed by atoms with van der Waals surface area (Å²) in [6.07, 6.45) is 5.94. The van der Waals surface area contributed by atoms with E-state index in [-0.39, 0.29) is 11.8 Å². The van der Waals surface area contributed by atoms with Gasteiger partial charge in [0.1, 0.15) is 18.4 Å². The second-order valence-electron chi connectivity index (χ2n) is 8.54. The predicted octanol–water partition coefficient (Wildman–Crippen LogP) is 3.04. The van der Waals surface area contributed by atoms with Crippen molar-refractivity contribution < 1.29 is 14.6 Å². The molecule has 1 aliphatic heterocycles. The van der Waals surface area contributed by atoms with E-state index in [1.165, 1.54) is 0 Å². The van der Waals surface area contributed by atoms with E-state index >= 15 is 0 Å². The van der Waals surface area contributed by atoms with Gasteiger partial charge in [-0.3, -0.25) is 9.36 Å². The Labute approximate surface area is 181 Å². The van der Waals surface area contributed by atoms with Crippen molar-refractivity contribution >= 4 is 5.91 Å². The van der Waals surface area contributed by atoms with Crippen molar-refractivity contribution in [3.05, 3.63) is 72.3 Å². The summed E-state index contributed by atoms with van der Waals surface area (Å²) in [5.74, 6) is 1.07. The van der Waals surface area contributed by atoms with Crippen molar-refractivity contribution in [3.63, 3.8) is 0 Å². The molecule has 7 nitrogen and oxygen atoms in total. The Morgan fingerprint density at radius 2 is 1.90 bits per heavy atom. The molecule has 160 valence electrons. The zero-order chi connectivity index (χ0) is 21.4. The number of amides is 1. The Morgan fingerprint density at radius 3 is 2.65 bits per heavy atom. The average Bonchev–Trinajstić information content (AvgIpc) is 3.50. The third-order valence-electron chi connectivity index (χ3n) is 6.88. The largest absolute Gasteiger partial charge is 0.497 e. The number of hydrogen-bond donors (Lipinski definition) is 1. The molecule has 2 fully saturated rings. The molecular formula is C24H26N4O3. The van der Waals surface area contributed by atoms with E-state index in [1.54, 1.807) is 24.3 Å². The lowest BCUT2D eigenvalue weighted by molar-refractivity contribution is -0.0645. The molecule has 1 saturated heterocycles. The first kappa shape index (κ1) is 19.8. The number of rotatable bonds is 4. The van der Waals surface area contributed by atoms with Gasteiger partial charge in [0.05, 0.1) is 12.7 Å². The molecule has 3 atom stereocenters. The fourth-order valence-corrected chi connectivity index (χ4v) is 5.23. The summed E-state index contributed by atoms with van der Waals surface area (Å²) in [6, 6.07) is 15.2. The number of carbonyl (C=O) groups is 1. The van der Waals surface area contributed by atoms with Crippen LogP contribution in [0.5, 0.6) is 5.75 Å². The van der Waals surface area contributed by atoms with Gasteiger partial charge in [0, 0.05) is 30.3 Å². The van der Waals surface area contributed by atoms with Gasteiger partial charge in [0.2, 0.25) is 0 Å². The Balaban J connectivity index is 1.36. The first-order chi connectivity index (χ1) is 15.1. The van der Waals surface area contributed by atoms with Gasteiger partial charge in [-0.05, 0) is 67.1 Å². The van der Waals surface area contributed by atoms with Crippen molar-refractivity contribution in [1.29, 1.82) is 0 Å². The number of fused-ring (bicyclic) bond motifs is 1. The van der Waals surface area contributed by atoms with E-state index in [0.717, 1.165) is 29.8 Å². The maximum atomic E-state index is 13.2. The van der Waals surface area contributed by atoms with Crippen LogP contribution in [0.15, 0.2) is 61.2 Å². The number of hydrogen-bond acceptors (Lipinski definition) is 5. The molecule has 2 aromatic carbocycles. The van der Waals surface area contributed by atoms with Crippen molar-refractivity contribution in [1.82, 2.24) is 19.7 Å². The van der Waals surface area contributed by atoms with Gasteiger partial charge >= 0.3 is 0 Å². The zero-order valence-corrected chi connectivity index (χ0v) is 17.5. The molecule has 2 heterocycles. The molecule has 7 heteroatoms. The lowest BCUT2D eigenvalue weighted by Crippen LogP contribution is -2.43. The standard InChI is InChI=1S/C24H26N4O3/c1-31-21-6-2-5-19(12-21)24(30)11-3-4-18-13-27(14-22(18)24)23(29)17-7-9-20(10-8-17)28-15-25-26-16-28/h2,5-10,12,15-16,18,22,30H,3-4,11,13-14H2,1H3/t18-,22+,24-/m1/s1. The summed E-state index contributed by atoms with van der Waals surface area (Å²) in [5.41, 5.74) is 1.50. The molecule has 1 amide bonds. The Bertz CT molecular complexity index is 1070. The molecular weight excluding hydrogens is 392 g/mol. The van der Waals surface area contributed by atoms with Crippen molar-refractivity contribution in [2.45, 2.75) is 24.9 Å². The maximum absolute atomic E-state index is 13.2. The second-order valence-corrected chi connectivity index (χ2v) is 8.54. The monoisotopic (exact) mass is 418 g/mol. The quantitative estimate of drug-likeness (QED) is 0.704. The highest BCUT2D eigenvalue weighted by Gasteiger charge is 2.50. The first-order valence-corrected chi connectivity index (χ1v) is 10.7. The van der Waals surface area contributed by atoms with Crippen LogP contribution in [0.25, 0.3) is 5.69 Å². The van der Waals surface area contributed by atoms with E-state index in [9.17, 15) is 9.90 Å². The topological polar surface area (TPSA) is 80.5 Å². The third-order valence-corrected chi connectivity index (χ3v) is 6.88. The molecule has 5 rings (SSSR count). The Kier molecular flexibility index (Phi) is 4.98. The van der Waals surface area contributed by atoms with Gasteiger partial charge in [-0.2, -0.15) is 0 Å². The molecule has 0 spiro atoms. The number of methoxy groups -OCH3 is 1. The molecule has 1 saturated carbocycles. The van der Waals surface area contributed by atoms with Crippen LogP contribution in [0.1, 0.15) is 35.2 Å². The number of carbonyl (C=O) groups excluding carboxylic acids is 1. The highest BCUT2D eigenvalue weighted by atomic mass is 16.5. The number of likely N-dealkylation sites (tertiary alicyclic amines) is 1. The molecule has 2 aliphatic rings. The van der Waals surface area contributed by atoms with Crippen LogP contribution in [0.3, 0.4) is 0 Å².